The SMILES string of the molecule is COc1cccc(C(=O)NCCNC(=O)C(C)(C)N)c1. The Bertz CT molecular complexity index is 481. The van der Waals surface area contributed by atoms with Crippen molar-refractivity contribution in [2.45, 2.75) is 19.4 Å². The summed E-state index contributed by atoms with van der Waals surface area (Å²) in [5.74, 6) is 0.147. The van der Waals surface area contributed by atoms with E-state index in [1.807, 2.05) is 0 Å². The summed E-state index contributed by atoms with van der Waals surface area (Å²) in [6.45, 7) is 3.90. The largest absolute Gasteiger partial charge is 0.497 e. The third kappa shape index (κ3) is 4.89. The smallest absolute Gasteiger partial charge is 0.251 e. The number of methoxy groups -OCH3 is 1. The summed E-state index contributed by atoms with van der Waals surface area (Å²) in [4.78, 5) is 23.3. The molecule has 0 aliphatic carbocycles. The summed E-state index contributed by atoms with van der Waals surface area (Å²) in [5, 5.41) is 5.36. The van der Waals surface area contributed by atoms with Crippen LogP contribution in [0.2, 0.25) is 0 Å². The number of hydrogen-bond acceptors (Lipinski definition) is 4. The molecule has 0 bridgehead atoms. The first-order chi connectivity index (χ1) is 9.34. The highest BCUT2D eigenvalue weighted by molar-refractivity contribution is 5.94. The molecular formula is C14H21N3O3. The van der Waals surface area contributed by atoms with Crippen LogP contribution in [0.3, 0.4) is 0 Å². The Hall–Kier alpha value is -2.08. The Kier molecular flexibility index (Phi) is 5.52. The van der Waals surface area contributed by atoms with E-state index in [2.05, 4.69) is 10.6 Å². The predicted octanol–water partition coefficient (Wildman–Crippen LogP) is 0.279. The maximum absolute atomic E-state index is 11.9. The molecule has 110 valence electrons. The molecule has 0 unspecified atom stereocenters. The Morgan fingerprint density at radius 1 is 1.25 bits per heavy atom. The molecule has 6 heteroatoms. The van der Waals surface area contributed by atoms with Gasteiger partial charge in [-0.15, -0.1) is 0 Å². The zero-order chi connectivity index (χ0) is 15.2. The number of amides is 2. The van der Waals surface area contributed by atoms with Crippen molar-refractivity contribution >= 4 is 11.8 Å². The third-order valence-corrected chi connectivity index (χ3v) is 2.61. The van der Waals surface area contributed by atoms with E-state index in [0.29, 0.717) is 24.4 Å². The van der Waals surface area contributed by atoms with Gasteiger partial charge >= 0.3 is 0 Å². The second kappa shape index (κ2) is 6.91. The number of carbonyl (C=O) groups excluding carboxylic acids is 2. The zero-order valence-corrected chi connectivity index (χ0v) is 12.0. The number of nitrogens with one attached hydrogen (secondary N) is 2. The number of ether oxygens (including phenoxy) is 1. The first kappa shape index (κ1) is 16.0. The lowest BCUT2D eigenvalue weighted by Crippen LogP contribution is -2.50. The molecule has 20 heavy (non-hydrogen) atoms. The van der Waals surface area contributed by atoms with E-state index >= 15 is 0 Å². The van der Waals surface area contributed by atoms with Gasteiger partial charge in [0.1, 0.15) is 5.75 Å². The van der Waals surface area contributed by atoms with Gasteiger partial charge in [-0.3, -0.25) is 9.59 Å². The van der Waals surface area contributed by atoms with Gasteiger partial charge in [-0.2, -0.15) is 0 Å². The molecule has 0 aromatic heterocycles. The summed E-state index contributed by atoms with van der Waals surface area (Å²) in [6, 6.07) is 6.85. The van der Waals surface area contributed by atoms with Crippen LogP contribution in [0.1, 0.15) is 24.2 Å². The molecular weight excluding hydrogens is 258 g/mol. The van der Waals surface area contributed by atoms with Gasteiger partial charge < -0.3 is 21.1 Å². The second-order valence-electron chi connectivity index (χ2n) is 4.97. The average molecular weight is 279 g/mol. The van der Waals surface area contributed by atoms with Crippen molar-refractivity contribution < 1.29 is 14.3 Å². The molecule has 1 rings (SSSR count). The lowest BCUT2D eigenvalue weighted by Gasteiger charge is -2.17. The van der Waals surface area contributed by atoms with Gasteiger partial charge in [0.15, 0.2) is 0 Å². The van der Waals surface area contributed by atoms with Crippen LogP contribution in [0, 0.1) is 0 Å². The van der Waals surface area contributed by atoms with Gasteiger partial charge in [0.2, 0.25) is 5.91 Å². The van der Waals surface area contributed by atoms with Gasteiger partial charge in [0, 0.05) is 18.7 Å². The molecule has 0 radical (unpaired) electrons. The van der Waals surface area contributed by atoms with Crippen LogP contribution in [0.15, 0.2) is 24.3 Å². The average Bonchev–Trinajstić information content (AvgIpc) is 2.42. The molecule has 6 nitrogen and oxygen atoms in total. The monoisotopic (exact) mass is 279 g/mol. The molecule has 0 aliphatic rings. The van der Waals surface area contributed by atoms with Gasteiger partial charge in [0.25, 0.3) is 5.91 Å². The number of carbonyl (C=O) groups is 2. The Morgan fingerprint density at radius 2 is 1.90 bits per heavy atom. The zero-order valence-electron chi connectivity index (χ0n) is 12.0. The number of nitrogens with two attached hydrogens (primary N) is 1. The standard InChI is InChI=1S/C14H21N3O3/c1-14(2,15)13(19)17-8-7-16-12(18)10-5-4-6-11(9-10)20-3/h4-6,9H,7-8,15H2,1-3H3,(H,16,18)(H,17,19). The van der Waals surface area contributed by atoms with E-state index < -0.39 is 5.54 Å². The molecule has 4 N–H and O–H groups in total. The van der Waals surface area contributed by atoms with Gasteiger partial charge in [-0.25, -0.2) is 0 Å². The van der Waals surface area contributed by atoms with Crippen molar-refractivity contribution in [2.24, 2.45) is 5.73 Å². The lowest BCUT2D eigenvalue weighted by atomic mass is 10.1. The third-order valence-electron chi connectivity index (χ3n) is 2.61. The fourth-order valence-corrected chi connectivity index (χ4v) is 1.45. The molecule has 2 amide bonds. The summed E-state index contributed by atoms with van der Waals surface area (Å²) in [7, 11) is 1.54. The lowest BCUT2D eigenvalue weighted by molar-refractivity contribution is -0.125. The van der Waals surface area contributed by atoms with Crippen molar-refractivity contribution in [3.63, 3.8) is 0 Å². The summed E-state index contributed by atoms with van der Waals surface area (Å²) >= 11 is 0. The van der Waals surface area contributed by atoms with E-state index in [1.165, 1.54) is 0 Å². The van der Waals surface area contributed by atoms with E-state index in [1.54, 1.807) is 45.2 Å². The van der Waals surface area contributed by atoms with Crippen LogP contribution in [0.5, 0.6) is 5.75 Å². The van der Waals surface area contributed by atoms with Crippen LogP contribution >= 0.6 is 0 Å². The topological polar surface area (TPSA) is 93.5 Å². The van der Waals surface area contributed by atoms with E-state index in [0.717, 1.165) is 0 Å². The van der Waals surface area contributed by atoms with Crippen LogP contribution in [0.4, 0.5) is 0 Å². The quantitative estimate of drug-likeness (QED) is 0.652. The van der Waals surface area contributed by atoms with Crippen molar-refractivity contribution in [2.75, 3.05) is 20.2 Å². The van der Waals surface area contributed by atoms with Crippen molar-refractivity contribution in [1.29, 1.82) is 0 Å². The van der Waals surface area contributed by atoms with E-state index in [-0.39, 0.29) is 11.8 Å². The Labute approximate surface area is 118 Å². The molecule has 0 saturated carbocycles. The summed E-state index contributed by atoms with van der Waals surface area (Å²) < 4.78 is 5.05. The fraction of sp³-hybridized carbons (Fsp3) is 0.429. The number of hydrogen-bond donors (Lipinski definition) is 3. The maximum atomic E-state index is 11.9. The van der Waals surface area contributed by atoms with Gasteiger partial charge in [0.05, 0.1) is 12.6 Å². The summed E-state index contributed by atoms with van der Waals surface area (Å²) in [5.41, 5.74) is 5.22. The normalized spacial score (nSPS) is 10.8. The predicted molar refractivity (Wildman–Crippen MR) is 76.6 cm³/mol. The molecule has 0 atom stereocenters. The first-order valence-electron chi connectivity index (χ1n) is 6.34. The van der Waals surface area contributed by atoms with Crippen molar-refractivity contribution in [3.05, 3.63) is 29.8 Å². The molecule has 1 aromatic rings. The molecule has 0 aliphatic heterocycles. The van der Waals surface area contributed by atoms with E-state index in [9.17, 15) is 9.59 Å². The van der Waals surface area contributed by atoms with Crippen LogP contribution in [-0.4, -0.2) is 37.6 Å². The molecule has 0 heterocycles. The van der Waals surface area contributed by atoms with Crippen molar-refractivity contribution in [1.82, 2.24) is 10.6 Å². The van der Waals surface area contributed by atoms with E-state index in [4.69, 9.17) is 10.5 Å². The van der Waals surface area contributed by atoms with Crippen molar-refractivity contribution in [3.8, 4) is 5.75 Å². The number of benzene rings is 1. The maximum Gasteiger partial charge on any atom is 0.251 e. The summed E-state index contributed by atoms with van der Waals surface area (Å²) in [6.07, 6.45) is 0. The highest BCUT2D eigenvalue weighted by Crippen LogP contribution is 2.12. The Balaban J connectivity index is 2.39. The fourth-order valence-electron chi connectivity index (χ4n) is 1.45. The molecule has 0 spiro atoms. The number of rotatable bonds is 6. The first-order valence-corrected chi connectivity index (χ1v) is 6.34. The minimum atomic E-state index is -0.920. The Morgan fingerprint density at radius 3 is 2.50 bits per heavy atom. The molecule has 0 saturated heterocycles. The van der Waals surface area contributed by atoms with Gasteiger partial charge in [-0.05, 0) is 32.0 Å². The molecule has 1 aromatic carbocycles. The minimum Gasteiger partial charge on any atom is -0.497 e. The second-order valence-corrected chi connectivity index (χ2v) is 4.97. The van der Waals surface area contributed by atoms with Crippen LogP contribution < -0.4 is 21.1 Å². The van der Waals surface area contributed by atoms with Gasteiger partial charge in [-0.1, -0.05) is 6.07 Å². The highest BCUT2D eigenvalue weighted by atomic mass is 16.5. The van der Waals surface area contributed by atoms with Crippen LogP contribution in [0.25, 0.3) is 0 Å². The minimum absolute atomic E-state index is 0.217. The molecule has 0 fully saturated rings. The highest BCUT2D eigenvalue weighted by Gasteiger charge is 2.20. The van der Waals surface area contributed by atoms with Crippen LogP contribution in [-0.2, 0) is 4.79 Å².